The van der Waals surface area contributed by atoms with Gasteiger partial charge in [-0.1, -0.05) is 229 Å². The molecule has 0 bridgehead atoms. The molecule has 1 aliphatic rings. The second-order valence-corrected chi connectivity index (χ2v) is 19.5. The Balaban J connectivity index is 2.20. The van der Waals surface area contributed by atoms with Crippen LogP contribution in [0.25, 0.3) is 0 Å². The summed E-state index contributed by atoms with van der Waals surface area (Å²) in [4.78, 5) is 13.1. The molecule has 1 rings (SSSR count). The fourth-order valence-electron chi connectivity index (χ4n) is 8.68. The van der Waals surface area contributed by atoms with Crippen molar-refractivity contribution in [3.8, 4) is 0 Å². The molecule has 1 amide bonds. The topological polar surface area (TPSA) is 169 Å². The van der Waals surface area contributed by atoms with Crippen molar-refractivity contribution in [2.45, 2.75) is 294 Å². The molecule has 10 nitrogen and oxygen atoms in total. The van der Waals surface area contributed by atoms with Gasteiger partial charge in [-0.25, -0.2) is 0 Å². The van der Waals surface area contributed by atoms with Crippen LogP contribution in [0.15, 0.2) is 48.6 Å². The molecule has 10 heteroatoms. The van der Waals surface area contributed by atoms with E-state index in [1.54, 1.807) is 6.08 Å². The van der Waals surface area contributed by atoms with Crippen LogP contribution in [0.1, 0.15) is 245 Å². The quantitative estimate of drug-likeness (QED) is 0.0232. The third kappa shape index (κ3) is 35.8. The number of hydrogen-bond donors (Lipinski definition) is 7. The Morgan fingerprint density at radius 2 is 0.925 bits per heavy atom. The summed E-state index contributed by atoms with van der Waals surface area (Å²) in [6.45, 7) is 3.58. The van der Waals surface area contributed by atoms with E-state index in [9.17, 15) is 35.4 Å². The summed E-state index contributed by atoms with van der Waals surface area (Å²) in [5.41, 5.74) is 0. The van der Waals surface area contributed by atoms with Crippen LogP contribution >= 0.6 is 0 Å². The maximum Gasteiger partial charge on any atom is 0.249 e. The maximum absolute atomic E-state index is 13.1. The zero-order valence-electron chi connectivity index (χ0n) is 43.0. The Bertz CT molecular complexity index is 1210. The second kappa shape index (κ2) is 46.5. The minimum atomic E-state index is -1.62. The van der Waals surface area contributed by atoms with Crippen molar-refractivity contribution in [2.24, 2.45) is 0 Å². The van der Waals surface area contributed by atoms with Crippen LogP contribution in [0.4, 0.5) is 0 Å². The summed E-state index contributed by atoms with van der Waals surface area (Å²) in [6.07, 6.45) is 50.9. The number of aliphatic hydroxyl groups is 6. The molecule has 0 aliphatic carbocycles. The number of ether oxygens (including phenoxy) is 2. The van der Waals surface area contributed by atoms with Crippen LogP contribution in [0.2, 0.25) is 0 Å². The van der Waals surface area contributed by atoms with Gasteiger partial charge in [-0.3, -0.25) is 4.79 Å². The lowest BCUT2D eigenvalue weighted by Gasteiger charge is -2.40. The number of unbranched alkanes of at least 4 members (excludes halogenated alkanes) is 30. The number of allylic oxidation sites excluding steroid dienone is 7. The zero-order valence-corrected chi connectivity index (χ0v) is 43.0. The average molecular weight is 948 g/mol. The number of carbonyl (C=O) groups excluding carboxylic acids is 1. The first kappa shape index (κ1) is 63.1. The highest BCUT2D eigenvalue weighted by Crippen LogP contribution is 2.23. The van der Waals surface area contributed by atoms with Crippen molar-refractivity contribution < 1.29 is 44.9 Å². The van der Waals surface area contributed by atoms with Crippen LogP contribution < -0.4 is 5.32 Å². The molecule has 8 unspecified atom stereocenters. The molecule has 7 N–H and O–H groups in total. The van der Waals surface area contributed by atoms with E-state index in [-0.39, 0.29) is 6.61 Å². The van der Waals surface area contributed by atoms with Gasteiger partial charge < -0.3 is 45.4 Å². The van der Waals surface area contributed by atoms with Crippen molar-refractivity contribution in [3.63, 3.8) is 0 Å². The van der Waals surface area contributed by atoms with E-state index in [0.717, 1.165) is 38.5 Å². The van der Waals surface area contributed by atoms with Crippen molar-refractivity contribution >= 4 is 5.91 Å². The first-order valence-electron chi connectivity index (χ1n) is 28.0. The smallest absolute Gasteiger partial charge is 0.249 e. The zero-order chi connectivity index (χ0) is 48.8. The number of rotatable bonds is 47. The molecule has 8 atom stereocenters. The second-order valence-electron chi connectivity index (χ2n) is 19.5. The summed E-state index contributed by atoms with van der Waals surface area (Å²) in [5.74, 6) is -0.627. The molecule has 0 saturated carbocycles. The molecule has 0 aromatic heterocycles. The number of hydrogen-bond acceptors (Lipinski definition) is 9. The Hall–Kier alpha value is -1.89. The summed E-state index contributed by atoms with van der Waals surface area (Å²) >= 11 is 0. The van der Waals surface area contributed by atoms with E-state index >= 15 is 0 Å². The van der Waals surface area contributed by atoms with E-state index in [0.29, 0.717) is 19.3 Å². The fourth-order valence-corrected chi connectivity index (χ4v) is 8.68. The Kier molecular flexibility index (Phi) is 43.8. The molecule has 1 fully saturated rings. The average Bonchev–Trinajstić information content (AvgIpc) is 3.33. The molecule has 0 spiro atoms. The van der Waals surface area contributed by atoms with Crippen LogP contribution in [-0.4, -0.2) is 98.7 Å². The van der Waals surface area contributed by atoms with Crippen LogP contribution in [0, 0.1) is 0 Å². The number of aliphatic hydroxyl groups excluding tert-OH is 6. The molecule has 0 radical (unpaired) electrons. The molecule has 392 valence electrons. The summed E-state index contributed by atoms with van der Waals surface area (Å²) in [6, 6.07) is -0.997. The molecule has 1 heterocycles. The van der Waals surface area contributed by atoms with Crippen LogP contribution in [0.5, 0.6) is 0 Å². The first-order chi connectivity index (χ1) is 32.8. The Morgan fingerprint density at radius 1 is 0.522 bits per heavy atom. The molecular weight excluding hydrogens is 843 g/mol. The SMILES string of the molecule is CCCCCCCC/C=C/CC/C=C/C(O)C(COC1OC(CO)C(O)C(O)C1O)NC(=O)C(O)CCCCCCCCCCCCCCCC/C=C\C/C=C\CCCCCCCCCCC. The summed E-state index contributed by atoms with van der Waals surface area (Å²) in [5, 5.41) is 64.8. The van der Waals surface area contributed by atoms with Crippen molar-refractivity contribution in [3.05, 3.63) is 48.6 Å². The van der Waals surface area contributed by atoms with Crippen molar-refractivity contribution in [2.75, 3.05) is 13.2 Å². The molecular formula is C57H105NO9. The van der Waals surface area contributed by atoms with E-state index < -0.39 is 61.5 Å². The Labute approximate surface area is 410 Å². The first-order valence-corrected chi connectivity index (χ1v) is 28.0. The molecule has 0 aromatic carbocycles. The van der Waals surface area contributed by atoms with Gasteiger partial charge in [-0.2, -0.15) is 0 Å². The van der Waals surface area contributed by atoms with E-state index in [1.807, 2.05) is 6.08 Å². The predicted octanol–water partition coefficient (Wildman–Crippen LogP) is 12.3. The lowest BCUT2D eigenvalue weighted by Crippen LogP contribution is -2.60. The summed E-state index contributed by atoms with van der Waals surface area (Å²) < 4.78 is 11.1. The molecule has 0 aromatic rings. The monoisotopic (exact) mass is 948 g/mol. The van der Waals surface area contributed by atoms with Crippen LogP contribution in [0.3, 0.4) is 0 Å². The Morgan fingerprint density at radius 3 is 1.39 bits per heavy atom. The standard InChI is InChI=1S/C57H105NO9/c1-3-5-7-9-11-13-15-17-18-19-20-21-22-23-24-25-26-27-28-29-30-31-32-33-34-36-38-40-42-44-46-51(61)56(65)58-49(48-66-57-55(64)54(63)53(62)52(47-59)67-57)50(60)45-43-41-39-37-35-16-14-12-10-8-6-4-2/h20-21,23-24,35,37,43,45,49-55,57,59-64H,3-19,22,25-34,36,38-42,44,46-48H2,1-2H3,(H,58,65)/b21-20-,24-23-,37-35+,45-43+. The molecule has 67 heavy (non-hydrogen) atoms. The lowest BCUT2D eigenvalue weighted by atomic mass is 9.99. The predicted molar refractivity (Wildman–Crippen MR) is 278 cm³/mol. The highest BCUT2D eigenvalue weighted by atomic mass is 16.7. The van der Waals surface area contributed by atoms with Crippen LogP contribution in [-0.2, 0) is 14.3 Å². The van der Waals surface area contributed by atoms with Gasteiger partial charge >= 0.3 is 0 Å². The highest BCUT2D eigenvalue weighted by molar-refractivity contribution is 5.80. The minimum Gasteiger partial charge on any atom is -0.394 e. The van der Waals surface area contributed by atoms with Crippen molar-refractivity contribution in [1.29, 1.82) is 0 Å². The third-order valence-corrected chi connectivity index (χ3v) is 13.2. The highest BCUT2D eigenvalue weighted by Gasteiger charge is 2.44. The lowest BCUT2D eigenvalue weighted by molar-refractivity contribution is -0.302. The van der Waals surface area contributed by atoms with E-state index in [2.05, 4.69) is 55.6 Å². The van der Waals surface area contributed by atoms with Gasteiger partial charge in [0.2, 0.25) is 5.91 Å². The van der Waals surface area contributed by atoms with Gasteiger partial charge in [0.25, 0.3) is 0 Å². The van der Waals surface area contributed by atoms with Crippen molar-refractivity contribution in [1.82, 2.24) is 5.32 Å². The summed E-state index contributed by atoms with van der Waals surface area (Å²) in [7, 11) is 0. The number of nitrogens with one attached hydrogen (secondary N) is 1. The van der Waals surface area contributed by atoms with E-state index in [4.69, 9.17) is 9.47 Å². The van der Waals surface area contributed by atoms with Gasteiger partial charge in [-0.15, -0.1) is 0 Å². The van der Waals surface area contributed by atoms with Gasteiger partial charge in [0.1, 0.15) is 30.5 Å². The molecule has 1 saturated heterocycles. The van der Waals surface area contributed by atoms with Gasteiger partial charge in [0.05, 0.1) is 25.4 Å². The largest absolute Gasteiger partial charge is 0.394 e. The number of amides is 1. The van der Waals surface area contributed by atoms with E-state index in [1.165, 1.54) is 173 Å². The molecule has 1 aliphatic heterocycles. The fraction of sp³-hybridized carbons (Fsp3) is 0.842. The normalized spacial score (nSPS) is 20.5. The number of carbonyl (C=O) groups is 1. The van der Waals surface area contributed by atoms with Gasteiger partial charge in [0, 0.05) is 0 Å². The minimum absolute atomic E-state index is 0.303. The van der Waals surface area contributed by atoms with Gasteiger partial charge in [0.15, 0.2) is 6.29 Å². The third-order valence-electron chi connectivity index (χ3n) is 13.2. The van der Waals surface area contributed by atoms with Gasteiger partial charge in [-0.05, 0) is 64.2 Å². The maximum atomic E-state index is 13.1.